The zero-order chi connectivity index (χ0) is 9.97. The van der Waals surface area contributed by atoms with Crippen molar-refractivity contribution >= 4 is 27.3 Å². The molecule has 1 aliphatic rings. The van der Waals surface area contributed by atoms with Gasteiger partial charge in [-0.3, -0.25) is 0 Å². The molecule has 3 heteroatoms. The summed E-state index contributed by atoms with van der Waals surface area (Å²) in [6, 6.07) is 6.18. The lowest BCUT2D eigenvalue weighted by Crippen LogP contribution is -2.29. The summed E-state index contributed by atoms with van der Waals surface area (Å²) in [4.78, 5) is 2.42. The van der Waals surface area contributed by atoms with Crippen molar-refractivity contribution in [2.24, 2.45) is 0 Å². The fourth-order valence-corrected chi connectivity index (χ4v) is 2.23. The van der Waals surface area contributed by atoms with E-state index in [-0.39, 0.29) is 0 Å². The molecule has 0 radical (unpaired) electrons. The largest absolute Gasteiger partial charge is 0.398 e. The molecule has 2 nitrogen and oxygen atoms in total. The maximum atomic E-state index is 5.75. The highest BCUT2D eigenvalue weighted by atomic mass is 79.9. The molecule has 0 aliphatic carbocycles. The molecule has 0 bridgehead atoms. The summed E-state index contributed by atoms with van der Waals surface area (Å²) in [6.45, 7) is 2.35. The molecule has 14 heavy (non-hydrogen) atoms. The van der Waals surface area contributed by atoms with Gasteiger partial charge < -0.3 is 10.6 Å². The van der Waals surface area contributed by atoms with E-state index in [1.165, 1.54) is 38.0 Å². The first-order chi connectivity index (χ1) is 6.77. The summed E-state index contributed by atoms with van der Waals surface area (Å²) >= 11 is 3.46. The molecule has 1 fully saturated rings. The second-order valence-electron chi connectivity index (χ2n) is 3.75. The maximum absolute atomic E-state index is 5.75. The molecule has 1 aromatic rings. The molecular weight excluding hydrogens is 240 g/mol. The minimum absolute atomic E-state index is 0.811. The third-order valence-electron chi connectivity index (χ3n) is 2.71. The Morgan fingerprint density at radius 1 is 1.14 bits per heavy atom. The molecule has 1 saturated heterocycles. The lowest BCUT2D eigenvalue weighted by molar-refractivity contribution is 0.578. The molecule has 76 valence electrons. The quantitative estimate of drug-likeness (QED) is 0.781. The predicted molar refractivity (Wildman–Crippen MR) is 64.6 cm³/mol. The number of anilines is 2. The van der Waals surface area contributed by atoms with Crippen molar-refractivity contribution in [3.05, 3.63) is 22.7 Å². The number of nitrogen functional groups attached to an aromatic ring is 1. The van der Waals surface area contributed by atoms with E-state index in [4.69, 9.17) is 5.73 Å². The van der Waals surface area contributed by atoms with Crippen molar-refractivity contribution in [2.45, 2.75) is 19.3 Å². The molecule has 0 unspecified atom stereocenters. The van der Waals surface area contributed by atoms with Crippen LogP contribution in [-0.4, -0.2) is 13.1 Å². The normalized spacial score (nSPS) is 17.1. The summed E-state index contributed by atoms with van der Waals surface area (Å²) in [5, 5.41) is 0. The van der Waals surface area contributed by atoms with Crippen LogP contribution in [0.25, 0.3) is 0 Å². The predicted octanol–water partition coefficient (Wildman–Crippen LogP) is 3.02. The minimum atomic E-state index is 0.811. The van der Waals surface area contributed by atoms with Crippen LogP contribution in [0.2, 0.25) is 0 Å². The van der Waals surface area contributed by atoms with Gasteiger partial charge in [-0.2, -0.15) is 0 Å². The van der Waals surface area contributed by atoms with Gasteiger partial charge in [-0.25, -0.2) is 0 Å². The number of benzene rings is 1. The summed E-state index contributed by atoms with van der Waals surface area (Å²) in [5.74, 6) is 0. The van der Waals surface area contributed by atoms with Crippen molar-refractivity contribution in [3.63, 3.8) is 0 Å². The maximum Gasteiger partial charge on any atom is 0.0460 e. The van der Waals surface area contributed by atoms with Crippen molar-refractivity contribution in [1.29, 1.82) is 0 Å². The van der Waals surface area contributed by atoms with Crippen LogP contribution in [0.1, 0.15) is 19.3 Å². The SMILES string of the molecule is Nc1ccc(N2CCCCC2)cc1Br. The first-order valence-electron chi connectivity index (χ1n) is 5.07. The monoisotopic (exact) mass is 254 g/mol. The summed E-state index contributed by atoms with van der Waals surface area (Å²) < 4.78 is 1.00. The fraction of sp³-hybridized carbons (Fsp3) is 0.455. The number of hydrogen-bond acceptors (Lipinski definition) is 2. The van der Waals surface area contributed by atoms with Crippen LogP contribution in [-0.2, 0) is 0 Å². The Morgan fingerprint density at radius 2 is 1.86 bits per heavy atom. The number of hydrogen-bond donors (Lipinski definition) is 1. The van der Waals surface area contributed by atoms with Crippen molar-refractivity contribution in [2.75, 3.05) is 23.7 Å². The summed E-state index contributed by atoms with van der Waals surface area (Å²) in [6.07, 6.45) is 3.98. The van der Waals surface area contributed by atoms with Gasteiger partial charge in [-0.1, -0.05) is 0 Å². The highest BCUT2D eigenvalue weighted by Gasteiger charge is 2.11. The van der Waals surface area contributed by atoms with Gasteiger partial charge in [0.25, 0.3) is 0 Å². The van der Waals surface area contributed by atoms with Crippen LogP contribution in [0.15, 0.2) is 22.7 Å². The standard InChI is InChI=1S/C11H15BrN2/c12-10-8-9(4-5-11(10)13)14-6-2-1-3-7-14/h4-5,8H,1-3,6-7,13H2. The zero-order valence-electron chi connectivity index (χ0n) is 8.17. The number of nitrogens with zero attached hydrogens (tertiary/aromatic N) is 1. The van der Waals surface area contributed by atoms with E-state index in [2.05, 4.69) is 33.0 Å². The molecule has 0 spiro atoms. The Labute approximate surface area is 93.2 Å². The minimum Gasteiger partial charge on any atom is -0.398 e. The Morgan fingerprint density at radius 3 is 2.50 bits per heavy atom. The van der Waals surface area contributed by atoms with E-state index < -0.39 is 0 Å². The van der Waals surface area contributed by atoms with Gasteiger partial charge in [-0.05, 0) is 53.4 Å². The van der Waals surface area contributed by atoms with Gasteiger partial charge in [-0.15, -0.1) is 0 Å². The average Bonchev–Trinajstić information content (AvgIpc) is 2.23. The Hall–Kier alpha value is -0.700. The van der Waals surface area contributed by atoms with Gasteiger partial charge in [0.1, 0.15) is 0 Å². The van der Waals surface area contributed by atoms with E-state index in [1.54, 1.807) is 0 Å². The van der Waals surface area contributed by atoms with Crippen LogP contribution in [0.4, 0.5) is 11.4 Å². The molecule has 0 amide bonds. The van der Waals surface area contributed by atoms with Gasteiger partial charge in [0.2, 0.25) is 0 Å². The van der Waals surface area contributed by atoms with Crippen LogP contribution in [0.3, 0.4) is 0 Å². The lowest BCUT2D eigenvalue weighted by Gasteiger charge is -2.29. The Balaban J connectivity index is 2.18. The van der Waals surface area contributed by atoms with E-state index in [0.717, 1.165) is 10.2 Å². The number of nitrogens with two attached hydrogens (primary N) is 1. The first kappa shape index (κ1) is 9.84. The van der Waals surface area contributed by atoms with E-state index in [1.807, 2.05) is 6.07 Å². The van der Waals surface area contributed by atoms with Gasteiger partial charge >= 0.3 is 0 Å². The third-order valence-corrected chi connectivity index (χ3v) is 3.39. The van der Waals surface area contributed by atoms with Gasteiger partial charge in [0.15, 0.2) is 0 Å². The zero-order valence-corrected chi connectivity index (χ0v) is 9.76. The molecule has 2 N–H and O–H groups in total. The first-order valence-corrected chi connectivity index (χ1v) is 5.86. The van der Waals surface area contributed by atoms with Crippen molar-refractivity contribution in [1.82, 2.24) is 0 Å². The summed E-state index contributed by atoms with van der Waals surface area (Å²) in [5.41, 5.74) is 7.85. The molecule has 0 atom stereocenters. The smallest absolute Gasteiger partial charge is 0.0460 e. The van der Waals surface area contributed by atoms with Gasteiger partial charge in [0.05, 0.1) is 0 Å². The molecular formula is C11H15BrN2. The highest BCUT2D eigenvalue weighted by Crippen LogP contribution is 2.27. The molecule has 0 aromatic heterocycles. The highest BCUT2D eigenvalue weighted by molar-refractivity contribution is 9.10. The molecule has 1 aliphatic heterocycles. The fourth-order valence-electron chi connectivity index (χ4n) is 1.86. The second kappa shape index (κ2) is 4.22. The Kier molecular flexibility index (Phi) is 2.96. The third kappa shape index (κ3) is 2.03. The lowest BCUT2D eigenvalue weighted by atomic mass is 10.1. The van der Waals surface area contributed by atoms with Crippen molar-refractivity contribution in [3.8, 4) is 0 Å². The topological polar surface area (TPSA) is 29.3 Å². The van der Waals surface area contributed by atoms with Crippen LogP contribution in [0.5, 0.6) is 0 Å². The number of halogens is 1. The van der Waals surface area contributed by atoms with Gasteiger partial charge in [0, 0.05) is 28.9 Å². The van der Waals surface area contributed by atoms with Crippen LogP contribution >= 0.6 is 15.9 Å². The second-order valence-corrected chi connectivity index (χ2v) is 4.61. The van der Waals surface area contributed by atoms with Crippen LogP contribution in [0, 0.1) is 0 Å². The Bertz CT molecular complexity index is 319. The van der Waals surface area contributed by atoms with E-state index >= 15 is 0 Å². The molecule has 1 heterocycles. The molecule has 0 saturated carbocycles. The van der Waals surface area contributed by atoms with Crippen molar-refractivity contribution < 1.29 is 0 Å². The van der Waals surface area contributed by atoms with E-state index in [9.17, 15) is 0 Å². The molecule has 2 rings (SSSR count). The average molecular weight is 255 g/mol. The number of piperidine rings is 1. The van der Waals surface area contributed by atoms with E-state index in [0.29, 0.717) is 0 Å². The molecule has 1 aromatic carbocycles. The van der Waals surface area contributed by atoms with Crippen LogP contribution < -0.4 is 10.6 Å². The number of rotatable bonds is 1. The summed E-state index contributed by atoms with van der Waals surface area (Å²) in [7, 11) is 0.